The van der Waals surface area contributed by atoms with Crippen LogP contribution < -0.4 is 4.90 Å². The first kappa shape index (κ1) is 10.7. The van der Waals surface area contributed by atoms with E-state index in [9.17, 15) is 4.79 Å². The summed E-state index contributed by atoms with van der Waals surface area (Å²) in [5.41, 5.74) is 2.98. The normalized spacial score (nSPS) is 18.3. The summed E-state index contributed by atoms with van der Waals surface area (Å²) in [5, 5.41) is 9.16. The number of hydrogen-bond donors (Lipinski definition) is 1. The van der Waals surface area contributed by atoms with Gasteiger partial charge in [0.1, 0.15) is 5.92 Å². The van der Waals surface area contributed by atoms with E-state index < -0.39 is 11.9 Å². The lowest BCUT2D eigenvalue weighted by Crippen LogP contribution is -2.25. The van der Waals surface area contributed by atoms with Crippen LogP contribution in [0.15, 0.2) is 36.4 Å². The van der Waals surface area contributed by atoms with Gasteiger partial charge >= 0.3 is 5.97 Å². The minimum Gasteiger partial charge on any atom is -0.481 e. The third-order valence-corrected chi connectivity index (χ3v) is 2.81. The maximum Gasteiger partial charge on any atom is 0.312 e. The number of benzene rings is 1. The van der Waals surface area contributed by atoms with Crippen LogP contribution in [0, 0.1) is 0 Å². The van der Waals surface area contributed by atoms with Crippen molar-refractivity contribution in [3.63, 3.8) is 0 Å². The van der Waals surface area contributed by atoms with E-state index in [2.05, 4.69) is 11.5 Å². The summed E-state index contributed by atoms with van der Waals surface area (Å²) >= 11 is 0. The number of aliphatic carboxylic acids is 1. The molecule has 1 aromatic rings. The van der Waals surface area contributed by atoms with Crippen LogP contribution in [0.1, 0.15) is 18.4 Å². The van der Waals surface area contributed by atoms with Gasteiger partial charge in [0.15, 0.2) is 0 Å². The molecular formula is C13H15NO2. The van der Waals surface area contributed by atoms with Gasteiger partial charge in [0, 0.05) is 18.8 Å². The van der Waals surface area contributed by atoms with Crippen LogP contribution in [-0.4, -0.2) is 24.2 Å². The van der Waals surface area contributed by atoms with Crippen LogP contribution in [0.2, 0.25) is 0 Å². The van der Waals surface area contributed by atoms with Gasteiger partial charge in [-0.25, -0.2) is 0 Å². The summed E-state index contributed by atoms with van der Waals surface area (Å²) in [7, 11) is 0. The lowest BCUT2D eigenvalue weighted by molar-refractivity contribution is -0.138. The molecule has 0 aromatic heterocycles. The van der Waals surface area contributed by atoms with E-state index >= 15 is 0 Å². The fourth-order valence-corrected chi connectivity index (χ4v) is 2.17. The summed E-state index contributed by atoms with van der Waals surface area (Å²) in [4.78, 5) is 13.2. The minimum absolute atomic E-state index is 0.407. The molecule has 0 saturated heterocycles. The Balaban J connectivity index is 2.35. The Morgan fingerprint density at radius 2 is 2.25 bits per heavy atom. The molecule has 0 amide bonds. The molecule has 3 heteroatoms. The predicted octanol–water partition coefficient (Wildman–Crippen LogP) is 2.25. The second kappa shape index (κ2) is 4.00. The fraction of sp³-hybridized carbons (Fsp3) is 0.308. The molecule has 0 saturated carbocycles. The number of fused-ring (bicyclic) bond motifs is 1. The number of hydrogen-bond acceptors (Lipinski definition) is 2. The van der Waals surface area contributed by atoms with E-state index in [0.29, 0.717) is 6.54 Å². The number of nitrogens with zero attached hydrogens (tertiary/aromatic N) is 1. The van der Waals surface area contributed by atoms with Crippen LogP contribution in [0.4, 0.5) is 5.69 Å². The van der Waals surface area contributed by atoms with Gasteiger partial charge in [0.25, 0.3) is 0 Å². The Labute approximate surface area is 95.0 Å². The fourth-order valence-electron chi connectivity index (χ4n) is 2.17. The molecule has 0 spiro atoms. The van der Waals surface area contributed by atoms with Crippen molar-refractivity contribution in [1.29, 1.82) is 0 Å². The molecular weight excluding hydrogens is 202 g/mol. The Hall–Kier alpha value is -1.77. The lowest BCUT2D eigenvalue weighted by Gasteiger charge is -2.19. The topological polar surface area (TPSA) is 40.5 Å². The second-order valence-corrected chi connectivity index (χ2v) is 4.29. The van der Waals surface area contributed by atoms with Gasteiger partial charge in [0.2, 0.25) is 0 Å². The van der Waals surface area contributed by atoms with Crippen molar-refractivity contribution in [2.75, 3.05) is 18.0 Å². The maximum atomic E-state index is 11.1. The van der Waals surface area contributed by atoms with Gasteiger partial charge in [-0.15, -0.1) is 0 Å². The average molecular weight is 217 g/mol. The largest absolute Gasteiger partial charge is 0.481 e. The molecule has 1 unspecified atom stereocenters. The molecule has 1 atom stereocenters. The average Bonchev–Trinajstić information content (AvgIpc) is 2.57. The first-order valence-corrected chi connectivity index (χ1v) is 5.30. The lowest BCUT2D eigenvalue weighted by atomic mass is 10.0. The van der Waals surface area contributed by atoms with Crippen molar-refractivity contribution in [1.82, 2.24) is 0 Å². The molecule has 0 bridgehead atoms. The molecule has 1 heterocycles. The number of carbonyl (C=O) groups is 1. The molecule has 0 fully saturated rings. The molecule has 0 aliphatic carbocycles. The Morgan fingerprint density at radius 3 is 2.88 bits per heavy atom. The zero-order valence-electron chi connectivity index (χ0n) is 9.31. The highest BCUT2D eigenvalue weighted by atomic mass is 16.4. The van der Waals surface area contributed by atoms with Crippen molar-refractivity contribution in [2.24, 2.45) is 0 Å². The van der Waals surface area contributed by atoms with Crippen LogP contribution in [0.25, 0.3) is 0 Å². The van der Waals surface area contributed by atoms with Gasteiger partial charge in [-0.2, -0.15) is 0 Å². The monoisotopic (exact) mass is 217 g/mol. The Bertz CT molecular complexity index is 439. The zero-order valence-corrected chi connectivity index (χ0v) is 9.31. The predicted molar refractivity (Wildman–Crippen MR) is 63.8 cm³/mol. The summed E-state index contributed by atoms with van der Waals surface area (Å²) in [6.45, 7) is 7.09. The molecule has 84 valence electrons. The van der Waals surface area contributed by atoms with Crippen LogP contribution in [-0.2, 0) is 4.79 Å². The van der Waals surface area contributed by atoms with E-state index in [-0.39, 0.29) is 0 Å². The van der Waals surface area contributed by atoms with Crippen molar-refractivity contribution in [3.8, 4) is 0 Å². The van der Waals surface area contributed by atoms with Crippen LogP contribution in [0.3, 0.4) is 0 Å². The Kier molecular flexibility index (Phi) is 2.69. The first-order valence-electron chi connectivity index (χ1n) is 5.30. The molecule has 16 heavy (non-hydrogen) atoms. The number of carboxylic acid groups (broad SMARTS) is 1. The van der Waals surface area contributed by atoms with Crippen molar-refractivity contribution < 1.29 is 9.90 Å². The van der Waals surface area contributed by atoms with Gasteiger partial charge in [0.05, 0.1) is 0 Å². The first-order chi connectivity index (χ1) is 7.59. The smallest absolute Gasteiger partial charge is 0.312 e. The zero-order chi connectivity index (χ0) is 11.7. The SMILES string of the molecule is C=C(C)CN1CC(C(=O)O)c2ccccc21. The summed E-state index contributed by atoms with van der Waals surface area (Å²) in [6, 6.07) is 7.70. The number of para-hydroxylation sites is 1. The number of carboxylic acids is 1. The number of rotatable bonds is 3. The Morgan fingerprint density at radius 1 is 1.56 bits per heavy atom. The van der Waals surface area contributed by atoms with Crippen molar-refractivity contribution >= 4 is 11.7 Å². The van der Waals surface area contributed by atoms with Gasteiger partial charge in [-0.3, -0.25) is 4.79 Å². The highest BCUT2D eigenvalue weighted by molar-refractivity contribution is 5.83. The molecule has 0 radical (unpaired) electrons. The summed E-state index contributed by atoms with van der Waals surface area (Å²) in [5.74, 6) is -1.16. The second-order valence-electron chi connectivity index (χ2n) is 4.29. The highest BCUT2D eigenvalue weighted by Gasteiger charge is 2.32. The molecule has 2 rings (SSSR count). The van der Waals surface area contributed by atoms with E-state index in [0.717, 1.165) is 23.4 Å². The third kappa shape index (κ3) is 1.81. The van der Waals surface area contributed by atoms with Gasteiger partial charge in [-0.05, 0) is 18.6 Å². The molecule has 3 nitrogen and oxygen atoms in total. The third-order valence-electron chi connectivity index (χ3n) is 2.81. The van der Waals surface area contributed by atoms with Gasteiger partial charge < -0.3 is 10.0 Å². The van der Waals surface area contributed by atoms with Crippen molar-refractivity contribution in [2.45, 2.75) is 12.8 Å². The van der Waals surface area contributed by atoms with Gasteiger partial charge in [-0.1, -0.05) is 30.4 Å². The quantitative estimate of drug-likeness (QED) is 0.789. The van der Waals surface area contributed by atoms with E-state index in [1.807, 2.05) is 31.2 Å². The minimum atomic E-state index is -0.753. The van der Waals surface area contributed by atoms with E-state index in [1.165, 1.54) is 0 Å². The maximum absolute atomic E-state index is 11.1. The van der Waals surface area contributed by atoms with Crippen molar-refractivity contribution in [3.05, 3.63) is 42.0 Å². The van der Waals surface area contributed by atoms with E-state index in [4.69, 9.17) is 5.11 Å². The van der Waals surface area contributed by atoms with Crippen LogP contribution in [0.5, 0.6) is 0 Å². The molecule has 1 aliphatic rings. The summed E-state index contributed by atoms with van der Waals surface area (Å²) < 4.78 is 0. The standard InChI is InChI=1S/C13H15NO2/c1-9(2)7-14-8-11(13(15)16)10-5-3-4-6-12(10)14/h3-6,11H,1,7-8H2,2H3,(H,15,16). The highest BCUT2D eigenvalue weighted by Crippen LogP contribution is 2.36. The number of anilines is 1. The molecule has 1 aromatic carbocycles. The summed E-state index contributed by atoms with van der Waals surface area (Å²) in [6.07, 6.45) is 0. The van der Waals surface area contributed by atoms with Crippen LogP contribution >= 0.6 is 0 Å². The van der Waals surface area contributed by atoms with E-state index in [1.54, 1.807) is 0 Å². The molecule has 1 N–H and O–H groups in total. The molecule has 1 aliphatic heterocycles.